The average Bonchev–Trinajstić information content (AvgIpc) is 2.20. The van der Waals surface area contributed by atoms with E-state index in [4.69, 9.17) is 0 Å². The minimum atomic E-state index is -0.360. The van der Waals surface area contributed by atoms with Crippen LogP contribution in [0.4, 0.5) is 0 Å². The van der Waals surface area contributed by atoms with Gasteiger partial charge in [-0.25, -0.2) is 4.79 Å². The number of rotatable bonds is 3. The molecule has 2 nitrogen and oxygen atoms in total. The number of carbonyl (C=O) groups is 1. The fraction of sp³-hybridized carbons (Fsp3) is 0.182. The van der Waals surface area contributed by atoms with Crippen molar-refractivity contribution in [2.45, 2.75) is 6.42 Å². The zero-order valence-electron chi connectivity index (χ0n) is 7.92. The third-order valence-electron chi connectivity index (χ3n) is 1.84. The molecule has 0 fully saturated rings. The highest BCUT2D eigenvalue weighted by atomic mass is 79.9. The first-order valence-corrected chi connectivity index (χ1v) is 4.94. The van der Waals surface area contributed by atoms with Crippen LogP contribution in [0.1, 0.15) is 5.56 Å². The molecule has 0 atom stereocenters. The van der Waals surface area contributed by atoms with Crippen molar-refractivity contribution in [2.24, 2.45) is 0 Å². The molecule has 0 saturated carbocycles. The molecule has 0 heterocycles. The summed E-state index contributed by atoms with van der Waals surface area (Å²) < 4.78 is 5.55. The van der Waals surface area contributed by atoms with Crippen LogP contribution in [-0.2, 0) is 16.0 Å². The molecular formula is C11H11BrO2. The lowest BCUT2D eigenvalue weighted by atomic mass is 10.1. The van der Waals surface area contributed by atoms with Gasteiger partial charge in [0, 0.05) is 16.5 Å². The molecule has 0 aliphatic rings. The fourth-order valence-electron chi connectivity index (χ4n) is 1.09. The number of benzene rings is 1. The molecule has 74 valence electrons. The van der Waals surface area contributed by atoms with Gasteiger partial charge in [-0.3, -0.25) is 0 Å². The summed E-state index contributed by atoms with van der Waals surface area (Å²) in [5, 5.41) is 0. The lowest BCUT2D eigenvalue weighted by Crippen LogP contribution is -2.06. The summed E-state index contributed by atoms with van der Waals surface area (Å²) in [7, 11) is 1.35. The Kier molecular flexibility index (Phi) is 3.89. The van der Waals surface area contributed by atoms with Gasteiger partial charge in [0.1, 0.15) is 0 Å². The summed E-state index contributed by atoms with van der Waals surface area (Å²) >= 11 is 3.40. The predicted octanol–water partition coefficient (Wildman–Crippen LogP) is 2.72. The molecule has 0 saturated heterocycles. The Morgan fingerprint density at radius 1 is 1.50 bits per heavy atom. The molecule has 0 radical (unpaired) electrons. The Morgan fingerprint density at radius 3 is 2.71 bits per heavy atom. The highest BCUT2D eigenvalue weighted by Crippen LogP contribution is 2.18. The summed E-state index contributed by atoms with van der Waals surface area (Å²) in [6.07, 6.45) is 0.508. The summed E-state index contributed by atoms with van der Waals surface area (Å²) in [4.78, 5) is 11.1. The van der Waals surface area contributed by atoms with Gasteiger partial charge in [-0.05, 0) is 11.6 Å². The zero-order valence-corrected chi connectivity index (χ0v) is 9.50. The van der Waals surface area contributed by atoms with E-state index >= 15 is 0 Å². The van der Waals surface area contributed by atoms with E-state index in [-0.39, 0.29) is 5.97 Å². The van der Waals surface area contributed by atoms with E-state index < -0.39 is 0 Å². The number of methoxy groups -OCH3 is 1. The second-order valence-corrected chi connectivity index (χ2v) is 3.72. The number of hydrogen-bond acceptors (Lipinski definition) is 2. The Bertz CT molecular complexity index is 358. The van der Waals surface area contributed by atoms with Gasteiger partial charge in [-0.1, -0.05) is 40.7 Å². The lowest BCUT2D eigenvalue weighted by molar-refractivity contribution is -0.136. The summed E-state index contributed by atoms with van der Waals surface area (Å²) in [6, 6.07) is 7.72. The number of halogens is 1. The van der Waals surface area contributed by atoms with Crippen LogP contribution >= 0.6 is 15.9 Å². The van der Waals surface area contributed by atoms with E-state index in [1.165, 1.54) is 7.11 Å². The molecule has 0 aromatic heterocycles. The van der Waals surface area contributed by atoms with Crippen LogP contribution in [-0.4, -0.2) is 13.1 Å². The number of esters is 1. The van der Waals surface area contributed by atoms with Crippen LogP contribution < -0.4 is 0 Å². The lowest BCUT2D eigenvalue weighted by Gasteiger charge is -2.05. The van der Waals surface area contributed by atoms with Crippen LogP contribution in [0.25, 0.3) is 0 Å². The molecule has 0 aliphatic heterocycles. The smallest absolute Gasteiger partial charge is 0.333 e. The minimum absolute atomic E-state index is 0.360. The molecule has 14 heavy (non-hydrogen) atoms. The highest BCUT2D eigenvalue weighted by molar-refractivity contribution is 9.10. The van der Waals surface area contributed by atoms with Crippen molar-refractivity contribution in [3.05, 3.63) is 46.5 Å². The third-order valence-corrected chi connectivity index (χ3v) is 2.61. The minimum Gasteiger partial charge on any atom is -0.466 e. The molecule has 0 N–H and O–H groups in total. The number of hydrogen-bond donors (Lipinski definition) is 0. The largest absolute Gasteiger partial charge is 0.466 e. The van der Waals surface area contributed by atoms with E-state index in [0.717, 1.165) is 10.0 Å². The molecule has 0 amide bonds. The summed E-state index contributed by atoms with van der Waals surface area (Å²) in [5.41, 5.74) is 1.49. The molecule has 0 aliphatic carbocycles. The van der Waals surface area contributed by atoms with Crippen molar-refractivity contribution in [3.63, 3.8) is 0 Å². The molecule has 3 heteroatoms. The van der Waals surface area contributed by atoms with E-state index in [9.17, 15) is 4.79 Å². The van der Waals surface area contributed by atoms with Gasteiger partial charge in [0.05, 0.1) is 7.11 Å². The van der Waals surface area contributed by atoms with Crippen LogP contribution in [0, 0.1) is 0 Å². The van der Waals surface area contributed by atoms with E-state index in [2.05, 4.69) is 27.2 Å². The maximum Gasteiger partial charge on any atom is 0.333 e. The van der Waals surface area contributed by atoms with Crippen molar-refractivity contribution in [1.29, 1.82) is 0 Å². The quantitative estimate of drug-likeness (QED) is 0.613. The van der Waals surface area contributed by atoms with E-state index in [1.54, 1.807) is 0 Å². The van der Waals surface area contributed by atoms with Crippen LogP contribution in [0.5, 0.6) is 0 Å². The zero-order chi connectivity index (χ0) is 10.6. The van der Waals surface area contributed by atoms with Crippen LogP contribution in [0.3, 0.4) is 0 Å². The third kappa shape index (κ3) is 2.70. The maximum atomic E-state index is 11.1. The normalized spacial score (nSPS) is 9.57. The molecule has 0 unspecified atom stereocenters. The molecule has 1 aromatic rings. The first kappa shape index (κ1) is 11.0. The van der Waals surface area contributed by atoms with Gasteiger partial charge >= 0.3 is 5.97 Å². The van der Waals surface area contributed by atoms with Crippen LogP contribution in [0.2, 0.25) is 0 Å². The predicted molar refractivity (Wildman–Crippen MR) is 59.0 cm³/mol. The van der Waals surface area contributed by atoms with Gasteiger partial charge in [0.25, 0.3) is 0 Å². The van der Waals surface area contributed by atoms with E-state index in [1.807, 2.05) is 24.3 Å². The van der Waals surface area contributed by atoms with Gasteiger partial charge < -0.3 is 4.74 Å². The van der Waals surface area contributed by atoms with Crippen LogP contribution in [0.15, 0.2) is 40.9 Å². The number of ether oxygens (including phenoxy) is 1. The first-order chi connectivity index (χ1) is 6.65. The van der Waals surface area contributed by atoms with Crippen molar-refractivity contribution >= 4 is 21.9 Å². The highest BCUT2D eigenvalue weighted by Gasteiger charge is 2.08. The monoisotopic (exact) mass is 254 g/mol. The fourth-order valence-corrected chi connectivity index (χ4v) is 1.51. The number of carbonyl (C=O) groups excluding carboxylic acids is 1. The topological polar surface area (TPSA) is 26.3 Å². The van der Waals surface area contributed by atoms with Crippen molar-refractivity contribution in [1.82, 2.24) is 0 Å². The van der Waals surface area contributed by atoms with Gasteiger partial charge in [0.2, 0.25) is 0 Å². The SMILES string of the molecule is C=C(Cc1ccccc1Br)C(=O)OC. The maximum absolute atomic E-state index is 11.1. The first-order valence-electron chi connectivity index (χ1n) is 4.14. The van der Waals surface area contributed by atoms with E-state index in [0.29, 0.717) is 12.0 Å². The van der Waals surface area contributed by atoms with Gasteiger partial charge in [0.15, 0.2) is 0 Å². The Labute approximate surface area is 91.7 Å². The molecule has 1 rings (SSSR count). The summed E-state index contributed by atoms with van der Waals surface area (Å²) in [5.74, 6) is -0.360. The Balaban J connectivity index is 2.75. The Hall–Kier alpha value is -1.09. The Morgan fingerprint density at radius 2 is 2.14 bits per heavy atom. The van der Waals surface area contributed by atoms with Gasteiger partial charge in [-0.15, -0.1) is 0 Å². The molecular weight excluding hydrogens is 244 g/mol. The van der Waals surface area contributed by atoms with Crippen molar-refractivity contribution in [2.75, 3.05) is 7.11 Å². The molecule has 0 spiro atoms. The second kappa shape index (κ2) is 4.96. The van der Waals surface area contributed by atoms with Gasteiger partial charge in [-0.2, -0.15) is 0 Å². The van der Waals surface area contributed by atoms with Crippen molar-refractivity contribution < 1.29 is 9.53 Å². The second-order valence-electron chi connectivity index (χ2n) is 2.86. The van der Waals surface area contributed by atoms with Crippen molar-refractivity contribution in [3.8, 4) is 0 Å². The average molecular weight is 255 g/mol. The molecule has 0 bridgehead atoms. The summed E-state index contributed by atoms with van der Waals surface area (Å²) in [6.45, 7) is 3.67. The standard InChI is InChI=1S/C11H11BrO2/c1-8(11(13)14-2)7-9-5-3-4-6-10(9)12/h3-6H,1,7H2,2H3. The molecule has 1 aromatic carbocycles.